The van der Waals surface area contributed by atoms with Crippen molar-refractivity contribution in [1.82, 2.24) is 14.9 Å². The molecule has 4 aromatic rings. The topological polar surface area (TPSA) is 78.5 Å². The number of aromatic nitrogens is 2. The Kier molecular flexibility index (Phi) is 6.55. The lowest BCUT2D eigenvalue weighted by atomic mass is 10.1. The minimum atomic E-state index is -0.283. The van der Waals surface area contributed by atoms with Crippen LogP contribution in [0.15, 0.2) is 77.9 Å². The van der Waals surface area contributed by atoms with Gasteiger partial charge in [-0.3, -0.25) is 4.79 Å². The smallest absolute Gasteiger partial charge is 0.287 e. The number of benzene rings is 2. The monoisotopic (exact) mass is 431 g/mol. The lowest BCUT2D eigenvalue weighted by Gasteiger charge is -2.14. The van der Waals surface area contributed by atoms with E-state index >= 15 is 0 Å². The maximum absolute atomic E-state index is 12.3. The Hall–Kier alpha value is -4.00. The fourth-order valence-corrected chi connectivity index (χ4v) is 3.54. The van der Waals surface area contributed by atoms with Gasteiger partial charge in [-0.15, -0.1) is 6.58 Å². The molecule has 2 heterocycles. The zero-order chi connectivity index (χ0) is 22.3. The van der Waals surface area contributed by atoms with Crippen molar-refractivity contribution in [2.24, 2.45) is 0 Å². The second-order valence-electron chi connectivity index (χ2n) is 7.15. The zero-order valence-electron chi connectivity index (χ0n) is 17.9. The van der Waals surface area contributed by atoms with Crippen LogP contribution >= 0.6 is 0 Å². The highest BCUT2D eigenvalue weighted by molar-refractivity contribution is 5.91. The standard InChI is InChI=1S/C25H25N3O4/c1-3-7-18-11-12-21(23(16-18)30-2)32-15-13-28-20-9-5-4-8-19(20)27-24(28)17-26-25(29)22-10-6-14-31-22/h3-6,8-12,14,16H,1,7,13,15,17H2,2H3,(H,26,29). The zero-order valence-corrected chi connectivity index (χ0v) is 17.9. The van der Waals surface area contributed by atoms with Crippen LogP contribution in [0.4, 0.5) is 0 Å². The summed E-state index contributed by atoms with van der Waals surface area (Å²) in [6.07, 6.45) is 4.09. The number of allylic oxidation sites excluding steroid dienone is 1. The van der Waals surface area contributed by atoms with Gasteiger partial charge >= 0.3 is 0 Å². The highest BCUT2D eigenvalue weighted by Crippen LogP contribution is 2.28. The van der Waals surface area contributed by atoms with Crippen LogP contribution in [0.1, 0.15) is 21.9 Å². The third-order valence-corrected chi connectivity index (χ3v) is 5.07. The fraction of sp³-hybridized carbons (Fsp3) is 0.200. The Morgan fingerprint density at radius 2 is 2.06 bits per heavy atom. The summed E-state index contributed by atoms with van der Waals surface area (Å²) < 4.78 is 18.7. The molecular weight excluding hydrogens is 406 g/mol. The Balaban J connectivity index is 1.48. The molecule has 7 heteroatoms. The van der Waals surface area contributed by atoms with Crippen molar-refractivity contribution in [2.45, 2.75) is 19.5 Å². The van der Waals surface area contributed by atoms with E-state index in [0.29, 0.717) is 24.7 Å². The predicted octanol–water partition coefficient (Wildman–Crippen LogP) is 4.38. The van der Waals surface area contributed by atoms with Crippen molar-refractivity contribution < 1.29 is 18.7 Å². The Bertz CT molecular complexity index is 1210. The second kappa shape index (κ2) is 9.87. The highest BCUT2D eigenvalue weighted by Gasteiger charge is 2.14. The van der Waals surface area contributed by atoms with Gasteiger partial charge in [-0.25, -0.2) is 4.98 Å². The van der Waals surface area contributed by atoms with Crippen LogP contribution in [-0.2, 0) is 19.5 Å². The van der Waals surface area contributed by atoms with Gasteiger partial charge in [-0.05, 0) is 48.4 Å². The third-order valence-electron chi connectivity index (χ3n) is 5.07. The van der Waals surface area contributed by atoms with Gasteiger partial charge in [-0.2, -0.15) is 0 Å². The molecular formula is C25H25N3O4. The summed E-state index contributed by atoms with van der Waals surface area (Å²) in [5.41, 5.74) is 2.95. The van der Waals surface area contributed by atoms with Gasteiger partial charge in [0.05, 0.1) is 37.5 Å². The van der Waals surface area contributed by atoms with Crippen molar-refractivity contribution in [3.8, 4) is 11.5 Å². The number of amides is 1. The van der Waals surface area contributed by atoms with Gasteiger partial charge in [0.2, 0.25) is 0 Å². The third kappa shape index (κ3) is 4.67. The van der Waals surface area contributed by atoms with Crippen LogP contribution in [0, 0.1) is 0 Å². The number of methoxy groups -OCH3 is 1. The van der Waals surface area contributed by atoms with E-state index in [2.05, 4.69) is 21.4 Å². The first-order valence-electron chi connectivity index (χ1n) is 10.4. The first kappa shape index (κ1) is 21.2. The van der Waals surface area contributed by atoms with E-state index in [0.717, 1.165) is 28.8 Å². The lowest BCUT2D eigenvalue weighted by molar-refractivity contribution is 0.0921. The van der Waals surface area contributed by atoms with Crippen LogP contribution in [0.25, 0.3) is 11.0 Å². The average Bonchev–Trinajstić information content (AvgIpc) is 3.47. The summed E-state index contributed by atoms with van der Waals surface area (Å²) in [4.78, 5) is 16.9. The summed E-state index contributed by atoms with van der Waals surface area (Å²) in [6, 6.07) is 17.0. The van der Waals surface area contributed by atoms with E-state index in [1.54, 1.807) is 19.2 Å². The van der Waals surface area contributed by atoms with Crippen LogP contribution in [0.3, 0.4) is 0 Å². The maximum Gasteiger partial charge on any atom is 0.287 e. The summed E-state index contributed by atoms with van der Waals surface area (Å²) in [6.45, 7) is 5.02. The van der Waals surface area contributed by atoms with Gasteiger partial charge in [0, 0.05) is 0 Å². The number of nitrogens with one attached hydrogen (secondary N) is 1. The molecule has 1 N–H and O–H groups in total. The molecule has 0 fully saturated rings. The highest BCUT2D eigenvalue weighted by atomic mass is 16.5. The van der Waals surface area contributed by atoms with Crippen molar-refractivity contribution in [3.63, 3.8) is 0 Å². The van der Waals surface area contributed by atoms with Crippen LogP contribution in [0.2, 0.25) is 0 Å². The van der Waals surface area contributed by atoms with Crippen molar-refractivity contribution in [3.05, 3.63) is 90.7 Å². The number of imidazole rings is 1. The molecule has 0 aliphatic carbocycles. The van der Waals surface area contributed by atoms with Crippen LogP contribution < -0.4 is 14.8 Å². The Labute approximate surface area is 186 Å². The quantitative estimate of drug-likeness (QED) is 0.377. The molecule has 0 saturated carbocycles. The molecule has 0 aliphatic rings. The molecule has 0 atom stereocenters. The largest absolute Gasteiger partial charge is 0.493 e. The molecule has 0 saturated heterocycles. The van der Waals surface area contributed by atoms with Crippen molar-refractivity contribution in [2.75, 3.05) is 13.7 Å². The van der Waals surface area contributed by atoms with Gasteiger partial charge in [0.1, 0.15) is 12.4 Å². The first-order chi connectivity index (χ1) is 15.7. The number of carbonyl (C=O) groups excluding carboxylic acids is 1. The molecule has 0 unspecified atom stereocenters. The predicted molar refractivity (Wildman–Crippen MR) is 122 cm³/mol. The number of hydrogen-bond acceptors (Lipinski definition) is 5. The van der Waals surface area contributed by atoms with E-state index in [1.165, 1.54) is 6.26 Å². The molecule has 1 amide bonds. The maximum atomic E-state index is 12.3. The SMILES string of the molecule is C=CCc1ccc(OCCn2c(CNC(=O)c3ccco3)nc3ccccc32)c(OC)c1. The normalized spacial score (nSPS) is 10.8. The average molecular weight is 431 g/mol. The van der Waals surface area contributed by atoms with Gasteiger partial charge in [-0.1, -0.05) is 24.3 Å². The summed E-state index contributed by atoms with van der Waals surface area (Å²) >= 11 is 0. The molecule has 7 nitrogen and oxygen atoms in total. The van der Waals surface area contributed by atoms with Crippen LogP contribution in [-0.4, -0.2) is 29.2 Å². The Morgan fingerprint density at radius 1 is 1.19 bits per heavy atom. The number of para-hydroxylation sites is 2. The molecule has 4 rings (SSSR count). The molecule has 0 spiro atoms. The minimum absolute atomic E-state index is 0.267. The number of fused-ring (bicyclic) bond motifs is 1. The summed E-state index contributed by atoms with van der Waals surface area (Å²) in [5.74, 6) is 2.09. The number of furan rings is 1. The van der Waals surface area contributed by atoms with E-state index in [4.69, 9.17) is 13.9 Å². The lowest BCUT2D eigenvalue weighted by Crippen LogP contribution is -2.25. The molecule has 0 bridgehead atoms. The molecule has 32 heavy (non-hydrogen) atoms. The first-order valence-corrected chi connectivity index (χ1v) is 10.4. The minimum Gasteiger partial charge on any atom is -0.493 e. The van der Waals surface area contributed by atoms with E-state index in [9.17, 15) is 4.79 Å². The van der Waals surface area contributed by atoms with E-state index < -0.39 is 0 Å². The Morgan fingerprint density at radius 3 is 2.84 bits per heavy atom. The fourth-order valence-electron chi connectivity index (χ4n) is 3.54. The van der Waals surface area contributed by atoms with Crippen molar-refractivity contribution >= 4 is 16.9 Å². The summed E-state index contributed by atoms with van der Waals surface area (Å²) in [7, 11) is 1.63. The van der Waals surface area contributed by atoms with Crippen LogP contribution in [0.5, 0.6) is 11.5 Å². The second-order valence-corrected chi connectivity index (χ2v) is 7.15. The number of ether oxygens (including phenoxy) is 2. The molecule has 0 aliphatic heterocycles. The van der Waals surface area contributed by atoms with Gasteiger partial charge in [0.15, 0.2) is 17.3 Å². The number of hydrogen-bond donors (Lipinski definition) is 1. The molecule has 2 aromatic heterocycles. The van der Waals surface area contributed by atoms with Gasteiger partial charge < -0.3 is 23.8 Å². The van der Waals surface area contributed by atoms with E-state index in [1.807, 2.05) is 48.5 Å². The molecule has 0 radical (unpaired) electrons. The number of nitrogens with zero attached hydrogens (tertiary/aromatic N) is 2. The van der Waals surface area contributed by atoms with Gasteiger partial charge in [0.25, 0.3) is 5.91 Å². The molecule has 2 aromatic carbocycles. The number of rotatable bonds is 10. The summed E-state index contributed by atoms with van der Waals surface area (Å²) in [5, 5.41) is 2.86. The van der Waals surface area contributed by atoms with E-state index in [-0.39, 0.29) is 18.2 Å². The molecule has 164 valence electrons. The number of carbonyl (C=O) groups is 1. The van der Waals surface area contributed by atoms with Crippen molar-refractivity contribution in [1.29, 1.82) is 0 Å².